The number of hydrogen-bond donors (Lipinski definition) is 0. The molecule has 0 atom stereocenters. The predicted molar refractivity (Wildman–Crippen MR) is 79.8 cm³/mol. The van der Waals surface area contributed by atoms with E-state index in [-0.39, 0.29) is 5.91 Å². The lowest BCUT2D eigenvalue weighted by Crippen LogP contribution is -2.21. The Labute approximate surface area is 122 Å². The first-order chi connectivity index (χ1) is 10.1. The first-order valence-electron chi connectivity index (χ1n) is 6.51. The molecular formula is C15H15N5O. The maximum atomic E-state index is 12.0. The van der Waals surface area contributed by atoms with Crippen LogP contribution < -0.4 is 0 Å². The van der Waals surface area contributed by atoms with E-state index >= 15 is 0 Å². The van der Waals surface area contributed by atoms with Crippen LogP contribution in [-0.4, -0.2) is 44.7 Å². The summed E-state index contributed by atoms with van der Waals surface area (Å²) in [6.45, 7) is 0. The molecule has 6 heteroatoms. The van der Waals surface area contributed by atoms with Gasteiger partial charge in [0.25, 0.3) is 5.91 Å². The molecule has 0 aliphatic carbocycles. The Morgan fingerprint density at radius 2 is 1.86 bits per heavy atom. The van der Waals surface area contributed by atoms with Gasteiger partial charge in [-0.05, 0) is 12.1 Å². The van der Waals surface area contributed by atoms with Crippen LogP contribution in [0.2, 0.25) is 0 Å². The SMILES string of the molecule is CN(C)C(=O)c1cncc(-c2cnc3cnn(C)c3c2)c1. The van der Waals surface area contributed by atoms with E-state index in [0.717, 1.165) is 22.2 Å². The van der Waals surface area contributed by atoms with Gasteiger partial charge >= 0.3 is 0 Å². The molecule has 0 aliphatic heterocycles. The Morgan fingerprint density at radius 1 is 1.10 bits per heavy atom. The first kappa shape index (κ1) is 13.2. The van der Waals surface area contributed by atoms with Gasteiger partial charge in [-0.25, -0.2) is 0 Å². The Balaban J connectivity index is 2.08. The monoisotopic (exact) mass is 281 g/mol. The summed E-state index contributed by atoms with van der Waals surface area (Å²) in [5.74, 6) is -0.0704. The Bertz CT molecular complexity index is 822. The van der Waals surface area contributed by atoms with Gasteiger partial charge in [0.1, 0.15) is 5.52 Å². The van der Waals surface area contributed by atoms with Crippen molar-refractivity contribution >= 4 is 16.9 Å². The molecule has 0 bridgehead atoms. The fourth-order valence-electron chi connectivity index (χ4n) is 2.16. The number of fused-ring (bicyclic) bond motifs is 1. The first-order valence-corrected chi connectivity index (χ1v) is 6.51. The van der Waals surface area contributed by atoms with Crippen LogP contribution in [0.1, 0.15) is 10.4 Å². The lowest BCUT2D eigenvalue weighted by atomic mass is 10.1. The van der Waals surface area contributed by atoms with E-state index in [9.17, 15) is 4.79 Å². The van der Waals surface area contributed by atoms with Crippen molar-refractivity contribution in [1.29, 1.82) is 0 Å². The fourth-order valence-corrected chi connectivity index (χ4v) is 2.16. The van der Waals surface area contributed by atoms with Crippen LogP contribution in [0.15, 0.2) is 36.9 Å². The number of hydrogen-bond acceptors (Lipinski definition) is 4. The third-order valence-corrected chi connectivity index (χ3v) is 3.32. The molecule has 6 nitrogen and oxygen atoms in total. The van der Waals surface area contributed by atoms with Crippen LogP contribution in [0.4, 0.5) is 0 Å². The standard InChI is InChI=1S/C15H15N5O/c1-19(2)15(21)12-4-10(6-16-7-12)11-5-14-13(17-8-11)9-18-20(14)3/h4-9H,1-3H3. The summed E-state index contributed by atoms with van der Waals surface area (Å²) < 4.78 is 1.77. The van der Waals surface area contributed by atoms with Crippen molar-refractivity contribution in [3.63, 3.8) is 0 Å². The molecule has 3 aromatic rings. The molecule has 0 fully saturated rings. The number of amides is 1. The van der Waals surface area contributed by atoms with Gasteiger partial charge in [-0.3, -0.25) is 19.4 Å². The molecule has 3 heterocycles. The number of nitrogens with zero attached hydrogens (tertiary/aromatic N) is 5. The van der Waals surface area contributed by atoms with Crippen LogP contribution in [-0.2, 0) is 7.05 Å². The third kappa shape index (κ3) is 2.35. The smallest absolute Gasteiger partial charge is 0.254 e. The highest BCUT2D eigenvalue weighted by Gasteiger charge is 2.11. The van der Waals surface area contributed by atoms with Gasteiger partial charge < -0.3 is 4.90 Å². The highest BCUT2D eigenvalue weighted by atomic mass is 16.2. The summed E-state index contributed by atoms with van der Waals surface area (Å²) in [7, 11) is 5.31. The molecular weight excluding hydrogens is 266 g/mol. The number of aromatic nitrogens is 4. The van der Waals surface area contributed by atoms with Gasteiger partial charge in [0, 0.05) is 50.9 Å². The second kappa shape index (κ2) is 4.97. The summed E-state index contributed by atoms with van der Waals surface area (Å²) in [6.07, 6.45) is 6.79. The Hall–Kier alpha value is -2.76. The largest absolute Gasteiger partial charge is 0.345 e. The molecule has 1 amide bonds. The fraction of sp³-hybridized carbons (Fsp3) is 0.200. The van der Waals surface area contributed by atoms with E-state index in [2.05, 4.69) is 15.1 Å². The second-order valence-corrected chi connectivity index (χ2v) is 5.06. The van der Waals surface area contributed by atoms with E-state index in [0.29, 0.717) is 5.56 Å². The van der Waals surface area contributed by atoms with Crippen LogP contribution in [0.25, 0.3) is 22.2 Å². The van der Waals surface area contributed by atoms with Crippen molar-refractivity contribution in [2.75, 3.05) is 14.1 Å². The molecule has 0 saturated carbocycles. The minimum Gasteiger partial charge on any atom is -0.345 e. The van der Waals surface area contributed by atoms with Crippen LogP contribution in [0.5, 0.6) is 0 Å². The van der Waals surface area contributed by atoms with E-state index in [1.165, 1.54) is 4.90 Å². The van der Waals surface area contributed by atoms with Crippen molar-refractivity contribution < 1.29 is 4.79 Å². The zero-order chi connectivity index (χ0) is 15.0. The molecule has 0 aromatic carbocycles. The third-order valence-electron chi connectivity index (χ3n) is 3.32. The van der Waals surface area contributed by atoms with Crippen LogP contribution in [0, 0.1) is 0 Å². The maximum absolute atomic E-state index is 12.0. The van der Waals surface area contributed by atoms with Crippen molar-refractivity contribution in [3.8, 4) is 11.1 Å². The van der Waals surface area contributed by atoms with Gasteiger partial charge in [-0.2, -0.15) is 5.10 Å². The van der Waals surface area contributed by atoms with E-state index in [1.54, 1.807) is 43.6 Å². The van der Waals surface area contributed by atoms with Gasteiger partial charge in [0.05, 0.1) is 17.3 Å². The summed E-state index contributed by atoms with van der Waals surface area (Å²) >= 11 is 0. The number of rotatable bonds is 2. The quantitative estimate of drug-likeness (QED) is 0.717. The zero-order valence-corrected chi connectivity index (χ0v) is 12.1. The normalized spacial score (nSPS) is 10.8. The molecule has 0 N–H and O–H groups in total. The van der Waals surface area contributed by atoms with Crippen LogP contribution >= 0.6 is 0 Å². The Kier molecular flexibility index (Phi) is 3.13. The van der Waals surface area contributed by atoms with Gasteiger partial charge in [0.15, 0.2) is 0 Å². The Morgan fingerprint density at radius 3 is 2.62 bits per heavy atom. The van der Waals surface area contributed by atoms with E-state index in [1.807, 2.05) is 19.2 Å². The van der Waals surface area contributed by atoms with Crippen molar-refractivity contribution in [1.82, 2.24) is 24.6 Å². The van der Waals surface area contributed by atoms with Crippen molar-refractivity contribution in [2.45, 2.75) is 0 Å². The highest BCUT2D eigenvalue weighted by molar-refractivity contribution is 5.95. The minimum atomic E-state index is -0.0704. The average Bonchev–Trinajstić information content (AvgIpc) is 2.87. The zero-order valence-electron chi connectivity index (χ0n) is 12.1. The second-order valence-electron chi connectivity index (χ2n) is 5.06. The van der Waals surface area contributed by atoms with Gasteiger partial charge in [0.2, 0.25) is 0 Å². The summed E-state index contributed by atoms with van der Waals surface area (Å²) in [6, 6.07) is 3.82. The lowest BCUT2D eigenvalue weighted by Gasteiger charge is -2.10. The average molecular weight is 281 g/mol. The number of aryl methyl sites for hydroxylation is 1. The summed E-state index contributed by atoms with van der Waals surface area (Å²) in [5, 5.41) is 4.18. The summed E-state index contributed by atoms with van der Waals surface area (Å²) in [5.41, 5.74) is 4.11. The highest BCUT2D eigenvalue weighted by Crippen LogP contribution is 2.22. The molecule has 0 radical (unpaired) electrons. The molecule has 106 valence electrons. The molecule has 3 rings (SSSR count). The van der Waals surface area contributed by atoms with E-state index < -0.39 is 0 Å². The van der Waals surface area contributed by atoms with Crippen LogP contribution in [0.3, 0.4) is 0 Å². The predicted octanol–water partition coefficient (Wildman–Crippen LogP) is 1.73. The molecule has 0 unspecified atom stereocenters. The lowest BCUT2D eigenvalue weighted by molar-refractivity contribution is 0.0827. The molecule has 3 aromatic heterocycles. The summed E-state index contributed by atoms with van der Waals surface area (Å²) in [4.78, 5) is 22.1. The topological polar surface area (TPSA) is 63.9 Å². The van der Waals surface area contributed by atoms with Gasteiger partial charge in [-0.15, -0.1) is 0 Å². The molecule has 0 aliphatic rings. The number of carbonyl (C=O) groups is 1. The number of carbonyl (C=O) groups excluding carboxylic acids is 1. The molecule has 0 spiro atoms. The minimum absolute atomic E-state index is 0.0704. The number of pyridine rings is 2. The van der Waals surface area contributed by atoms with E-state index in [4.69, 9.17) is 0 Å². The molecule has 21 heavy (non-hydrogen) atoms. The van der Waals surface area contributed by atoms with Crippen molar-refractivity contribution in [2.24, 2.45) is 7.05 Å². The van der Waals surface area contributed by atoms with Gasteiger partial charge in [-0.1, -0.05) is 0 Å². The van der Waals surface area contributed by atoms with Crippen molar-refractivity contribution in [3.05, 3.63) is 42.5 Å². The maximum Gasteiger partial charge on any atom is 0.254 e. The molecule has 0 saturated heterocycles.